The number of carboxylic acid groups (broad SMARTS) is 1. The molecule has 1 aliphatic carbocycles. The van der Waals surface area contributed by atoms with E-state index >= 15 is 0 Å². The predicted octanol–water partition coefficient (Wildman–Crippen LogP) is 4.30. The van der Waals surface area contributed by atoms with Crippen LogP contribution in [0.5, 0.6) is 0 Å². The predicted molar refractivity (Wildman–Crippen MR) is 126 cm³/mol. The molecule has 2 aliphatic heterocycles. The first-order valence-electron chi connectivity index (χ1n) is 12.1. The van der Waals surface area contributed by atoms with Gasteiger partial charge in [-0.05, 0) is 54.4 Å². The SMILES string of the molecule is CC[C@H](NC(=O)OCC1c2ccccc2-c2ccccc21)C(=O)N1C2CCC1(CC(=O)O)CC2. The Morgan fingerprint density at radius 3 is 2.21 bits per heavy atom. The molecule has 7 heteroatoms. The molecule has 1 atom stereocenters. The minimum Gasteiger partial charge on any atom is -0.481 e. The highest BCUT2D eigenvalue weighted by molar-refractivity contribution is 5.88. The molecular formula is C27H30N2O5. The Kier molecular flexibility index (Phi) is 5.80. The number of nitrogens with one attached hydrogen (secondary N) is 1. The van der Waals surface area contributed by atoms with Crippen LogP contribution in [0.3, 0.4) is 0 Å². The van der Waals surface area contributed by atoms with E-state index in [0.29, 0.717) is 19.3 Å². The molecule has 2 bridgehead atoms. The molecule has 2 aromatic rings. The zero-order chi connectivity index (χ0) is 23.9. The summed E-state index contributed by atoms with van der Waals surface area (Å²) in [5.41, 5.74) is 3.95. The summed E-state index contributed by atoms with van der Waals surface area (Å²) in [4.78, 5) is 39.4. The van der Waals surface area contributed by atoms with Crippen LogP contribution in [0.15, 0.2) is 48.5 Å². The summed E-state index contributed by atoms with van der Waals surface area (Å²) >= 11 is 0. The Bertz CT molecular complexity index is 1080. The molecule has 2 fully saturated rings. The molecule has 5 rings (SSSR count). The van der Waals surface area contributed by atoms with E-state index in [1.807, 2.05) is 31.2 Å². The molecule has 2 amide bonds. The number of rotatable bonds is 7. The van der Waals surface area contributed by atoms with Gasteiger partial charge in [0.25, 0.3) is 0 Å². The number of carboxylic acids is 1. The number of aliphatic carboxylic acids is 1. The van der Waals surface area contributed by atoms with Gasteiger partial charge in [-0.3, -0.25) is 9.59 Å². The fourth-order valence-electron chi connectivity index (χ4n) is 6.27. The standard InChI is InChI=1S/C27H30N2O5/c1-2-23(25(32)29-17-11-13-27(29,14-12-17)15-24(30)31)28-26(33)34-16-22-20-9-5-3-7-18(20)19-8-4-6-10-21(19)22/h3-10,17,22-23H,2,11-16H2,1H3,(H,28,33)(H,30,31)/t17?,23-,27?/m0/s1. The smallest absolute Gasteiger partial charge is 0.407 e. The number of nitrogens with zero attached hydrogens (tertiary/aromatic N) is 1. The fraction of sp³-hybridized carbons (Fsp3) is 0.444. The lowest BCUT2D eigenvalue weighted by Crippen LogP contribution is -2.54. The minimum atomic E-state index is -0.891. The van der Waals surface area contributed by atoms with E-state index in [9.17, 15) is 19.5 Å². The van der Waals surface area contributed by atoms with Gasteiger partial charge in [0.05, 0.1) is 12.0 Å². The average molecular weight is 463 g/mol. The lowest BCUT2D eigenvalue weighted by Gasteiger charge is -2.36. The quantitative estimate of drug-likeness (QED) is 0.640. The largest absolute Gasteiger partial charge is 0.481 e. The van der Waals surface area contributed by atoms with Crippen molar-refractivity contribution in [1.29, 1.82) is 0 Å². The van der Waals surface area contributed by atoms with E-state index in [4.69, 9.17) is 4.74 Å². The lowest BCUT2D eigenvalue weighted by atomic mass is 9.85. The van der Waals surface area contributed by atoms with Crippen molar-refractivity contribution in [3.63, 3.8) is 0 Å². The molecule has 2 saturated heterocycles. The second-order valence-corrected chi connectivity index (χ2v) is 9.66. The second-order valence-electron chi connectivity index (χ2n) is 9.66. The van der Waals surface area contributed by atoms with Crippen LogP contribution in [0, 0.1) is 0 Å². The number of hydrogen-bond acceptors (Lipinski definition) is 4. The summed E-state index contributed by atoms with van der Waals surface area (Å²) in [6, 6.07) is 15.6. The number of carbonyl (C=O) groups is 3. The number of ether oxygens (including phenoxy) is 1. The third kappa shape index (κ3) is 3.73. The molecule has 0 radical (unpaired) electrons. The number of carbonyl (C=O) groups excluding carboxylic acids is 2. The number of alkyl carbamates (subject to hydrolysis) is 1. The molecule has 2 aromatic carbocycles. The fourth-order valence-corrected chi connectivity index (χ4v) is 6.27. The van der Waals surface area contributed by atoms with Gasteiger partial charge in [0, 0.05) is 12.0 Å². The lowest BCUT2D eigenvalue weighted by molar-refractivity contribution is -0.144. The maximum absolute atomic E-state index is 13.4. The van der Waals surface area contributed by atoms with Crippen LogP contribution in [0.2, 0.25) is 0 Å². The number of fused-ring (bicyclic) bond motifs is 5. The van der Waals surface area contributed by atoms with Crippen LogP contribution >= 0.6 is 0 Å². The van der Waals surface area contributed by atoms with Crippen LogP contribution in [0.1, 0.15) is 62.5 Å². The molecule has 2 heterocycles. The molecule has 0 unspecified atom stereocenters. The Labute approximate surface area is 199 Å². The third-order valence-corrected chi connectivity index (χ3v) is 7.82. The van der Waals surface area contributed by atoms with Crippen molar-refractivity contribution in [2.24, 2.45) is 0 Å². The first-order chi connectivity index (χ1) is 16.4. The maximum Gasteiger partial charge on any atom is 0.407 e. The Balaban J connectivity index is 1.26. The van der Waals surface area contributed by atoms with E-state index in [0.717, 1.165) is 35.1 Å². The van der Waals surface area contributed by atoms with Gasteiger partial charge in [0.1, 0.15) is 12.6 Å². The molecule has 0 saturated carbocycles. The summed E-state index contributed by atoms with van der Waals surface area (Å²) in [7, 11) is 0. The Morgan fingerprint density at radius 2 is 1.65 bits per heavy atom. The summed E-state index contributed by atoms with van der Waals surface area (Å²) < 4.78 is 5.63. The normalized spacial score (nSPS) is 23.3. The van der Waals surface area contributed by atoms with E-state index in [2.05, 4.69) is 29.6 Å². The van der Waals surface area contributed by atoms with Gasteiger partial charge in [0.2, 0.25) is 5.91 Å². The summed E-state index contributed by atoms with van der Waals surface area (Å²) in [5.74, 6) is -1.14. The van der Waals surface area contributed by atoms with E-state index in [1.54, 1.807) is 4.90 Å². The topological polar surface area (TPSA) is 95.9 Å². The first-order valence-corrected chi connectivity index (χ1v) is 12.1. The molecule has 178 valence electrons. The van der Waals surface area contributed by atoms with Crippen LogP contribution in [0.25, 0.3) is 11.1 Å². The summed E-state index contributed by atoms with van der Waals surface area (Å²) in [5, 5.41) is 12.2. The van der Waals surface area contributed by atoms with E-state index in [-0.39, 0.29) is 30.9 Å². The number of hydrogen-bond donors (Lipinski definition) is 2. The van der Waals surface area contributed by atoms with E-state index in [1.165, 1.54) is 0 Å². The van der Waals surface area contributed by atoms with Gasteiger partial charge in [-0.15, -0.1) is 0 Å². The molecule has 0 spiro atoms. The molecule has 7 nitrogen and oxygen atoms in total. The van der Waals surface area contributed by atoms with Crippen molar-refractivity contribution in [3.8, 4) is 11.1 Å². The number of benzene rings is 2. The van der Waals surface area contributed by atoms with Crippen molar-refractivity contribution < 1.29 is 24.2 Å². The average Bonchev–Trinajstić information content (AvgIpc) is 3.47. The summed E-state index contributed by atoms with van der Waals surface area (Å²) in [6.07, 6.45) is 2.79. The van der Waals surface area contributed by atoms with Gasteiger partial charge in [-0.1, -0.05) is 55.5 Å². The second kappa shape index (κ2) is 8.78. The maximum atomic E-state index is 13.4. The van der Waals surface area contributed by atoms with Gasteiger partial charge in [-0.25, -0.2) is 4.79 Å². The molecule has 3 aliphatic rings. The van der Waals surface area contributed by atoms with Crippen LogP contribution < -0.4 is 5.32 Å². The van der Waals surface area contributed by atoms with Gasteiger partial charge >= 0.3 is 12.1 Å². The van der Waals surface area contributed by atoms with E-state index < -0.39 is 23.6 Å². The molecule has 0 aromatic heterocycles. The van der Waals surface area contributed by atoms with Gasteiger partial charge in [0.15, 0.2) is 0 Å². The Hall–Kier alpha value is -3.35. The Morgan fingerprint density at radius 1 is 1.06 bits per heavy atom. The first kappa shape index (κ1) is 22.4. The van der Waals surface area contributed by atoms with Crippen molar-refractivity contribution in [3.05, 3.63) is 59.7 Å². The van der Waals surface area contributed by atoms with Crippen molar-refractivity contribution in [2.45, 2.75) is 69.0 Å². The number of amides is 2. The van der Waals surface area contributed by atoms with Crippen LogP contribution in [0.4, 0.5) is 4.79 Å². The van der Waals surface area contributed by atoms with Crippen LogP contribution in [-0.4, -0.2) is 52.2 Å². The summed E-state index contributed by atoms with van der Waals surface area (Å²) in [6.45, 7) is 2.02. The van der Waals surface area contributed by atoms with Crippen molar-refractivity contribution in [2.75, 3.05) is 6.61 Å². The molecular weight excluding hydrogens is 432 g/mol. The van der Waals surface area contributed by atoms with Crippen molar-refractivity contribution >= 4 is 18.0 Å². The van der Waals surface area contributed by atoms with Gasteiger partial charge < -0.3 is 20.1 Å². The van der Waals surface area contributed by atoms with Crippen LogP contribution in [-0.2, 0) is 14.3 Å². The minimum absolute atomic E-state index is 0.0450. The highest BCUT2D eigenvalue weighted by atomic mass is 16.5. The molecule has 2 N–H and O–H groups in total. The van der Waals surface area contributed by atoms with Crippen molar-refractivity contribution in [1.82, 2.24) is 10.2 Å². The zero-order valence-electron chi connectivity index (χ0n) is 19.3. The zero-order valence-corrected chi connectivity index (χ0v) is 19.3. The highest BCUT2D eigenvalue weighted by Crippen LogP contribution is 2.49. The molecule has 34 heavy (non-hydrogen) atoms. The monoisotopic (exact) mass is 462 g/mol. The van der Waals surface area contributed by atoms with Gasteiger partial charge in [-0.2, -0.15) is 0 Å². The highest BCUT2D eigenvalue weighted by Gasteiger charge is 2.55. The third-order valence-electron chi connectivity index (χ3n) is 7.82.